The van der Waals surface area contributed by atoms with E-state index in [0.717, 1.165) is 5.56 Å². The van der Waals surface area contributed by atoms with Crippen LogP contribution in [0.1, 0.15) is 5.56 Å². The van der Waals surface area contributed by atoms with E-state index in [1.165, 1.54) is 7.11 Å². The van der Waals surface area contributed by atoms with Crippen molar-refractivity contribution in [3.8, 4) is 5.88 Å². The van der Waals surface area contributed by atoms with Gasteiger partial charge < -0.3 is 15.4 Å². The Hall–Kier alpha value is -2.90. The lowest BCUT2D eigenvalue weighted by molar-refractivity contribution is -0.385. The van der Waals surface area contributed by atoms with E-state index in [9.17, 15) is 10.1 Å². The van der Waals surface area contributed by atoms with Crippen LogP contribution < -0.4 is 15.4 Å². The Morgan fingerprint density at radius 3 is 2.57 bits per heavy atom. The van der Waals surface area contributed by atoms with Gasteiger partial charge in [-0.1, -0.05) is 30.3 Å². The quantitative estimate of drug-likeness (QED) is 0.658. The van der Waals surface area contributed by atoms with Gasteiger partial charge in [0.15, 0.2) is 0 Å². The summed E-state index contributed by atoms with van der Waals surface area (Å²) in [5, 5.41) is 10.9. The summed E-state index contributed by atoms with van der Waals surface area (Å²) in [5.74, 6) is -0.108. The fourth-order valence-electron chi connectivity index (χ4n) is 1.85. The maximum absolute atomic E-state index is 10.9. The zero-order chi connectivity index (χ0) is 15.4. The third kappa shape index (κ3) is 3.16. The lowest BCUT2D eigenvalue weighted by atomic mass is 10.2. The monoisotopic (exact) mass is 289 g/mol. The fraction of sp³-hybridized carbons (Fsp3) is 0.231. The van der Waals surface area contributed by atoms with Crippen LogP contribution in [-0.2, 0) is 6.54 Å². The van der Waals surface area contributed by atoms with E-state index in [2.05, 4.69) is 9.97 Å². The number of methoxy groups -OCH3 is 1. The molecular formula is C13H15N5O3. The highest BCUT2D eigenvalue weighted by Gasteiger charge is 2.25. The number of hydrogen-bond donors (Lipinski definition) is 1. The van der Waals surface area contributed by atoms with Crippen molar-refractivity contribution in [1.82, 2.24) is 9.97 Å². The molecule has 1 aromatic carbocycles. The molecule has 8 heteroatoms. The van der Waals surface area contributed by atoms with E-state index < -0.39 is 10.6 Å². The van der Waals surface area contributed by atoms with Gasteiger partial charge in [-0.3, -0.25) is 10.1 Å². The van der Waals surface area contributed by atoms with E-state index in [0.29, 0.717) is 6.54 Å². The molecule has 1 aromatic heterocycles. The summed E-state index contributed by atoms with van der Waals surface area (Å²) in [6.45, 7) is 0.543. The van der Waals surface area contributed by atoms with Crippen molar-refractivity contribution < 1.29 is 9.66 Å². The third-order valence-electron chi connectivity index (χ3n) is 2.85. The van der Waals surface area contributed by atoms with E-state index >= 15 is 0 Å². The third-order valence-corrected chi connectivity index (χ3v) is 2.85. The SMILES string of the molecule is COc1nc(N(C)Cc2ccccc2)nc(N)c1[N+](=O)[O-]. The summed E-state index contributed by atoms with van der Waals surface area (Å²) >= 11 is 0. The Kier molecular flexibility index (Phi) is 4.17. The van der Waals surface area contributed by atoms with Gasteiger partial charge >= 0.3 is 11.6 Å². The molecule has 1 heterocycles. The first-order valence-corrected chi connectivity index (χ1v) is 6.14. The molecule has 0 amide bonds. The molecule has 8 nitrogen and oxygen atoms in total. The lowest BCUT2D eigenvalue weighted by Gasteiger charge is -2.17. The van der Waals surface area contributed by atoms with Crippen molar-refractivity contribution in [2.24, 2.45) is 0 Å². The first-order chi connectivity index (χ1) is 10.0. The molecule has 2 aromatic rings. The van der Waals surface area contributed by atoms with Crippen molar-refractivity contribution in [3.63, 3.8) is 0 Å². The number of anilines is 2. The Balaban J connectivity index is 2.32. The highest BCUT2D eigenvalue weighted by atomic mass is 16.6. The molecule has 2 N–H and O–H groups in total. The summed E-state index contributed by atoms with van der Waals surface area (Å²) in [4.78, 5) is 20.0. The van der Waals surface area contributed by atoms with Gasteiger partial charge in [0.1, 0.15) is 0 Å². The largest absolute Gasteiger partial charge is 0.476 e. The van der Waals surface area contributed by atoms with Gasteiger partial charge in [0.2, 0.25) is 11.8 Å². The maximum atomic E-state index is 10.9. The highest BCUT2D eigenvalue weighted by Crippen LogP contribution is 2.31. The Morgan fingerprint density at radius 2 is 2.00 bits per heavy atom. The van der Waals surface area contributed by atoms with Crippen LogP contribution in [0.25, 0.3) is 0 Å². The van der Waals surface area contributed by atoms with E-state index in [4.69, 9.17) is 10.5 Å². The average Bonchev–Trinajstić information content (AvgIpc) is 2.46. The van der Waals surface area contributed by atoms with Gasteiger partial charge in [0, 0.05) is 13.6 Å². The molecule has 0 aliphatic carbocycles. The zero-order valence-electron chi connectivity index (χ0n) is 11.7. The molecule has 0 saturated heterocycles. The predicted molar refractivity (Wildman–Crippen MR) is 78.2 cm³/mol. The molecule has 0 bridgehead atoms. The van der Waals surface area contributed by atoms with Crippen molar-refractivity contribution in [2.45, 2.75) is 6.54 Å². The standard InChI is InChI=1S/C13H15N5O3/c1-17(8-9-6-4-3-5-7-9)13-15-11(14)10(18(19)20)12(16-13)21-2/h3-7H,8H2,1-2H3,(H2,14,15,16). The molecule has 0 saturated carbocycles. The highest BCUT2D eigenvalue weighted by molar-refractivity contribution is 5.61. The second-order valence-corrected chi connectivity index (χ2v) is 4.37. The van der Waals surface area contributed by atoms with Crippen molar-refractivity contribution in [1.29, 1.82) is 0 Å². The minimum absolute atomic E-state index is 0.151. The molecule has 110 valence electrons. The first kappa shape index (κ1) is 14.5. The normalized spacial score (nSPS) is 10.2. The van der Waals surface area contributed by atoms with Crippen LogP contribution in [0.3, 0.4) is 0 Å². The van der Waals surface area contributed by atoms with Crippen LogP contribution in [0.15, 0.2) is 30.3 Å². The van der Waals surface area contributed by atoms with E-state index in [-0.39, 0.29) is 17.6 Å². The Morgan fingerprint density at radius 1 is 1.33 bits per heavy atom. The number of nitro groups is 1. The topological polar surface area (TPSA) is 107 Å². The Labute approximate surface area is 121 Å². The number of aromatic nitrogens is 2. The minimum atomic E-state index is -0.658. The van der Waals surface area contributed by atoms with Gasteiger partial charge in [-0.25, -0.2) is 0 Å². The fourth-order valence-corrected chi connectivity index (χ4v) is 1.85. The van der Waals surface area contributed by atoms with Crippen molar-refractivity contribution in [3.05, 3.63) is 46.0 Å². The number of nitrogens with two attached hydrogens (primary N) is 1. The summed E-state index contributed by atoms with van der Waals surface area (Å²) < 4.78 is 4.93. The molecule has 0 radical (unpaired) electrons. The van der Waals surface area contributed by atoms with Crippen LogP contribution in [0.4, 0.5) is 17.5 Å². The van der Waals surface area contributed by atoms with Crippen molar-refractivity contribution >= 4 is 17.5 Å². The van der Waals surface area contributed by atoms with E-state index in [1.54, 1.807) is 11.9 Å². The van der Waals surface area contributed by atoms with Crippen LogP contribution in [0, 0.1) is 10.1 Å². The van der Waals surface area contributed by atoms with E-state index in [1.807, 2.05) is 30.3 Å². The lowest BCUT2D eigenvalue weighted by Crippen LogP contribution is -2.20. The second-order valence-electron chi connectivity index (χ2n) is 4.37. The molecule has 0 spiro atoms. The molecule has 0 fully saturated rings. The van der Waals surface area contributed by atoms with Gasteiger partial charge in [-0.15, -0.1) is 0 Å². The van der Waals surface area contributed by atoms with Crippen LogP contribution in [0.5, 0.6) is 5.88 Å². The number of benzene rings is 1. The Bertz CT molecular complexity index is 648. The van der Waals surface area contributed by atoms with Gasteiger partial charge in [-0.2, -0.15) is 9.97 Å². The average molecular weight is 289 g/mol. The van der Waals surface area contributed by atoms with Gasteiger partial charge in [0.25, 0.3) is 0 Å². The van der Waals surface area contributed by atoms with Crippen LogP contribution in [-0.4, -0.2) is 29.0 Å². The molecule has 0 aliphatic heterocycles. The van der Waals surface area contributed by atoms with Gasteiger partial charge in [-0.05, 0) is 5.56 Å². The number of nitrogen functional groups attached to an aromatic ring is 1. The molecule has 0 aliphatic rings. The predicted octanol–water partition coefficient (Wildman–Crippen LogP) is 1.61. The maximum Gasteiger partial charge on any atom is 0.372 e. The van der Waals surface area contributed by atoms with Crippen LogP contribution >= 0.6 is 0 Å². The second kappa shape index (κ2) is 6.04. The number of nitrogens with zero attached hydrogens (tertiary/aromatic N) is 4. The minimum Gasteiger partial charge on any atom is -0.476 e. The number of rotatable bonds is 5. The zero-order valence-corrected chi connectivity index (χ0v) is 11.7. The molecule has 0 atom stereocenters. The summed E-state index contributed by atoms with van der Waals surface area (Å²) in [7, 11) is 3.07. The molecule has 2 rings (SSSR count). The van der Waals surface area contributed by atoms with Gasteiger partial charge in [0.05, 0.1) is 12.0 Å². The molecule has 21 heavy (non-hydrogen) atoms. The smallest absolute Gasteiger partial charge is 0.372 e. The molecule has 0 unspecified atom stereocenters. The summed E-state index contributed by atoms with van der Waals surface area (Å²) in [6.07, 6.45) is 0. The summed E-state index contributed by atoms with van der Waals surface area (Å²) in [6, 6.07) is 9.70. The first-order valence-electron chi connectivity index (χ1n) is 6.14. The number of ether oxygens (including phenoxy) is 1. The molecular weight excluding hydrogens is 274 g/mol. The van der Waals surface area contributed by atoms with Crippen molar-refractivity contribution in [2.75, 3.05) is 24.8 Å². The number of hydrogen-bond acceptors (Lipinski definition) is 7. The summed E-state index contributed by atoms with van der Waals surface area (Å²) in [5.41, 5.74) is 6.26. The van der Waals surface area contributed by atoms with Crippen LogP contribution in [0.2, 0.25) is 0 Å².